The van der Waals surface area contributed by atoms with Crippen LogP contribution in [0.25, 0.3) is 11.4 Å². The molecular weight excluding hydrogens is 320 g/mol. The monoisotopic (exact) mass is 338 g/mol. The van der Waals surface area contributed by atoms with E-state index in [1.807, 2.05) is 28.9 Å². The summed E-state index contributed by atoms with van der Waals surface area (Å²) in [5.41, 5.74) is 2.03. The van der Waals surface area contributed by atoms with E-state index in [2.05, 4.69) is 15.1 Å². The van der Waals surface area contributed by atoms with Crippen molar-refractivity contribution in [1.29, 1.82) is 0 Å². The van der Waals surface area contributed by atoms with Gasteiger partial charge in [0.15, 0.2) is 5.82 Å². The first-order valence-corrected chi connectivity index (χ1v) is 8.31. The predicted molar refractivity (Wildman–Crippen MR) is 91.1 cm³/mol. The van der Waals surface area contributed by atoms with Crippen LogP contribution in [0.3, 0.4) is 0 Å². The molecule has 0 radical (unpaired) electrons. The van der Waals surface area contributed by atoms with Crippen LogP contribution >= 0.6 is 0 Å². The van der Waals surface area contributed by atoms with Gasteiger partial charge in [-0.05, 0) is 28.3 Å². The van der Waals surface area contributed by atoms with Gasteiger partial charge in [0, 0.05) is 25.5 Å². The van der Waals surface area contributed by atoms with Crippen molar-refractivity contribution >= 4 is 5.82 Å². The summed E-state index contributed by atoms with van der Waals surface area (Å²) in [6.07, 6.45) is 4.79. The number of nitrogens with zero attached hydrogens (tertiary/aromatic N) is 6. The highest BCUT2D eigenvalue weighted by Gasteiger charge is 2.16. The SMILES string of the molecule is Cc1nc([N+](=O)[O-])cn1Cc1ccc(-c2nc3n(n2)CCCC3)cc1. The molecule has 0 spiro atoms. The van der Waals surface area contributed by atoms with Crippen molar-refractivity contribution in [2.45, 2.75) is 39.3 Å². The van der Waals surface area contributed by atoms with Crippen molar-refractivity contribution in [3.05, 3.63) is 57.8 Å². The van der Waals surface area contributed by atoms with Crippen LogP contribution in [-0.2, 0) is 19.5 Å². The molecule has 25 heavy (non-hydrogen) atoms. The third-order valence-electron chi connectivity index (χ3n) is 4.48. The van der Waals surface area contributed by atoms with E-state index in [4.69, 9.17) is 0 Å². The van der Waals surface area contributed by atoms with Gasteiger partial charge in [-0.1, -0.05) is 24.3 Å². The average Bonchev–Trinajstić information content (AvgIpc) is 3.20. The van der Waals surface area contributed by atoms with Gasteiger partial charge < -0.3 is 14.7 Å². The van der Waals surface area contributed by atoms with E-state index in [9.17, 15) is 10.1 Å². The Labute approximate surface area is 144 Å². The number of fused-ring (bicyclic) bond motifs is 1. The Kier molecular flexibility index (Phi) is 3.79. The molecule has 0 saturated carbocycles. The zero-order chi connectivity index (χ0) is 17.4. The quantitative estimate of drug-likeness (QED) is 0.539. The topological polar surface area (TPSA) is 91.7 Å². The fourth-order valence-corrected chi connectivity index (χ4v) is 3.10. The first-order chi connectivity index (χ1) is 12.1. The minimum Gasteiger partial charge on any atom is -0.358 e. The molecule has 1 aliphatic heterocycles. The second-order valence-electron chi connectivity index (χ2n) is 6.26. The smallest absolute Gasteiger partial charge is 0.358 e. The van der Waals surface area contributed by atoms with Crippen LogP contribution < -0.4 is 0 Å². The third-order valence-corrected chi connectivity index (χ3v) is 4.48. The standard InChI is InChI=1S/C17H18N6O2/c1-12-18-16(23(24)25)11-21(12)10-13-5-7-14(8-6-13)17-19-15-4-2-3-9-22(15)20-17/h5-8,11H,2-4,9-10H2,1H3. The molecule has 0 unspecified atom stereocenters. The van der Waals surface area contributed by atoms with E-state index in [1.165, 1.54) is 12.6 Å². The van der Waals surface area contributed by atoms with Crippen LogP contribution in [0.5, 0.6) is 0 Å². The summed E-state index contributed by atoms with van der Waals surface area (Å²) in [6.45, 7) is 3.25. The Morgan fingerprint density at radius 3 is 2.68 bits per heavy atom. The highest BCUT2D eigenvalue weighted by Crippen LogP contribution is 2.21. The Morgan fingerprint density at radius 1 is 1.20 bits per heavy atom. The fraction of sp³-hybridized carbons (Fsp3) is 0.353. The summed E-state index contributed by atoms with van der Waals surface area (Å²) in [6, 6.07) is 8.00. The van der Waals surface area contributed by atoms with Crippen molar-refractivity contribution < 1.29 is 4.92 Å². The van der Waals surface area contributed by atoms with Gasteiger partial charge in [-0.25, -0.2) is 9.67 Å². The number of imidazole rings is 1. The van der Waals surface area contributed by atoms with Crippen molar-refractivity contribution in [2.24, 2.45) is 0 Å². The minimum absolute atomic E-state index is 0.123. The number of rotatable bonds is 4. The maximum atomic E-state index is 10.8. The van der Waals surface area contributed by atoms with E-state index in [0.29, 0.717) is 12.4 Å². The first-order valence-electron chi connectivity index (χ1n) is 8.31. The predicted octanol–water partition coefficient (Wildman–Crippen LogP) is 2.74. The van der Waals surface area contributed by atoms with E-state index in [0.717, 1.165) is 42.2 Å². The van der Waals surface area contributed by atoms with Crippen molar-refractivity contribution in [3.8, 4) is 11.4 Å². The largest absolute Gasteiger partial charge is 0.381 e. The lowest BCUT2D eigenvalue weighted by Gasteiger charge is -2.09. The van der Waals surface area contributed by atoms with Gasteiger partial charge in [-0.15, -0.1) is 0 Å². The molecule has 0 N–H and O–H groups in total. The maximum absolute atomic E-state index is 10.8. The van der Waals surface area contributed by atoms with Crippen LogP contribution in [0.2, 0.25) is 0 Å². The Bertz CT molecular complexity index is 902. The Balaban J connectivity index is 1.54. The second-order valence-corrected chi connectivity index (χ2v) is 6.26. The van der Waals surface area contributed by atoms with Gasteiger partial charge in [0.25, 0.3) is 0 Å². The molecule has 0 atom stereocenters. The van der Waals surface area contributed by atoms with Crippen LogP contribution in [0.4, 0.5) is 5.82 Å². The van der Waals surface area contributed by atoms with Crippen LogP contribution in [0.1, 0.15) is 30.1 Å². The van der Waals surface area contributed by atoms with Gasteiger partial charge in [0.2, 0.25) is 5.82 Å². The number of aromatic nitrogens is 5. The molecule has 8 heteroatoms. The van der Waals surface area contributed by atoms with Crippen molar-refractivity contribution in [1.82, 2.24) is 24.3 Å². The third kappa shape index (κ3) is 3.02. The van der Waals surface area contributed by atoms with Gasteiger partial charge >= 0.3 is 5.82 Å². The number of nitro groups is 1. The molecule has 0 fully saturated rings. The summed E-state index contributed by atoms with van der Waals surface area (Å²) in [4.78, 5) is 18.9. The molecule has 2 aromatic heterocycles. The number of benzene rings is 1. The van der Waals surface area contributed by atoms with Crippen LogP contribution in [0, 0.1) is 17.0 Å². The molecule has 0 amide bonds. The number of aryl methyl sites for hydroxylation is 3. The molecule has 0 saturated heterocycles. The lowest BCUT2D eigenvalue weighted by atomic mass is 10.1. The molecule has 0 aliphatic carbocycles. The van der Waals surface area contributed by atoms with Gasteiger partial charge in [0.05, 0.1) is 6.54 Å². The maximum Gasteiger partial charge on any atom is 0.381 e. The Hall–Kier alpha value is -3.03. The van der Waals surface area contributed by atoms with Gasteiger partial charge in [0.1, 0.15) is 12.0 Å². The molecule has 0 bridgehead atoms. The van der Waals surface area contributed by atoms with Gasteiger partial charge in [-0.2, -0.15) is 5.10 Å². The lowest BCUT2D eigenvalue weighted by molar-refractivity contribution is -0.389. The number of hydrogen-bond acceptors (Lipinski definition) is 5. The van der Waals surface area contributed by atoms with Gasteiger partial charge in [-0.3, -0.25) is 0 Å². The fourth-order valence-electron chi connectivity index (χ4n) is 3.10. The zero-order valence-corrected chi connectivity index (χ0v) is 13.9. The molecular formula is C17H18N6O2. The molecule has 1 aromatic carbocycles. The summed E-state index contributed by atoms with van der Waals surface area (Å²) < 4.78 is 3.78. The zero-order valence-electron chi connectivity index (χ0n) is 13.9. The molecule has 128 valence electrons. The minimum atomic E-state index is -0.473. The molecule has 3 heterocycles. The molecule has 8 nitrogen and oxygen atoms in total. The summed E-state index contributed by atoms with van der Waals surface area (Å²) in [7, 11) is 0. The lowest BCUT2D eigenvalue weighted by Crippen LogP contribution is -2.11. The second kappa shape index (κ2) is 6.12. The van der Waals surface area contributed by atoms with E-state index in [1.54, 1.807) is 11.5 Å². The van der Waals surface area contributed by atoms with E-state index < -0.39 is 4.92 Å². The van der Waals surface area contributed by atoms with E-state index >= 15 is 0 Å². The summed E-state index contributed by atoms with van der Waals surface area (Å²) in [5.74, 6) is 2.32. The van der Waals surface area contributed by atoms with Crippen molar-refractivity contribution in [3.63, 3.8) is 0 Å². The number of hydrogen-bond donors (Lipinski definition) is 0. The van der Waals surface area contributed by atoms with Crippen molar-refractivity contribution in [2.75, 3.05) is 0 Å². The summed E-state index contributed by atoms with van der Waals surface area (Å²) in [5, 5.41) is 15.4. The Morgan fingerprint density at radius 2 is 2.00 bits per heavy atom. The highest BCUT2D eigenvalue weighted by atomic mass is 16.6. The normalized spacial score (nSPS) is 13.6. The average molecular weight is 338 g/mol. The van der Waals surface area contributed by atoms with E-state index in [-0.39, 0.29) is 5.82 Å². The molecule has 3 aromatic rings. The molecule has 4 rings (SSSR count). The first kappa shape index (κ1) is 15.5. The van der Waals surface area contributed by atoms with Crippen LogP contribution in [0.15, 0.2) is 30.5 Å². The molecule has 1 aliphatic rings. The highest BCUT2D eigenvalue weighted by molar-refractivity contribution is 5.55. The summed E-state index contributed by atoms with van der Waals surface area (Å²) >= 11 is 0. The van der Waals surface area contributed by atoms with Crippen LogP contribution in [-0.4, -0.2) is 29.2 Å².